The van der Waals surface area contributed by atoms with E-state index in [0.29, 0.717) is 18.9 Å². The molecule has 0 saturated heterocycles. The van der Waals surface area contributed by atoms with E-state index in [-0.39, 0.29) is 5.91 Å². The molecule has 0 aliphatic carbocycles. The molecule has 1 rings (SSSR count). The first kappa shape index (κ1) is 15.8. The highest BCUT2D eigenvalue weighted by molar-refractivity contribution is 6.32. The van der Waals surface area contributed by atoms with Crippen LogP contribution in [-0.4, -0.2) is 32.3 Å². The molecule has 5 heteroatoms. The third-order valence-electron chi connectivity index (χ3n) is 2.70. The molecule has 0 aromatic heterocycles. The predicted octanol–water partition coefficient (Wildman–Crippen LogP) is 2.49. The second-order valence-electron chi connectivity index (χ2n) is 4.41. The van der Waals surface area contributed by atoms with Crippen molar-refractivity contribution in [2.45, 2.75) is 26.9 Å². The number of hydrogen-bond acceptors (Lipinski definition) is 3. The number of carbonyl (C=O) groups is 1. The zero-order valence-electron chi connectivity index (χ0n) is 11.7. The Hall–Kier alpha value is -1.26. The summed E-state index contributed by atoms with van der Waals surface area (Å²) >= 11 is 6.08. The third kappa shape index (κ3) is 4.73. The van der Waals surface area contributed by atoms with E-state index in [0.717, 1.165) is 16.1 Å². The molecule has 0 unspecified atom stereocenters. The van der Waals surface area contributed by atoms with Gasteiger partial charge in [0.1, 0.15) is 5.75 Å². The molecular weight excluding hydrogens is 266 g/mol. The van der Waals surface area contributed by atoms with Gasteiger partial charge in [-0.2, -0.15) is 0 Å². The van der Waals surface area contributed by atoms with Gasteiger partial charge in [0, 0.05) is 18.7 Å². The zero-order chi connectivity index (χ0) is 14.4. The fourth-order valence-electron chi connectivity index (χ4n) is 1.65. The summed E-state index contributed by atoms with van der Waals surface area (Å²) in [5.41, 5.74) is 1.87. The van der Waals surface area contributed by atoms with E-state index in [2.05, 4.69) is 5.32 Å². The summed E-state index contributed by atoms with van der Waals surface area (Å²) in [7, 11) is 1.59. The minimum Gasteiger partial charge on any atom is -0.481 e. The topological polar surface area (TPSA) is 47.6 Å². The maximum absolute atomic E-state index is 11.7. The molecule has 4 nitrogen and oxygen atoms in total. The third-order valence-corrected chi connectivity index (χ3v) is 3.29. The molecule has 0 radical (unpaired) electrons. The molecule has 1 aromatic carbocycles. The summed E-state index contributed by atoms with van der Waals surface area (Å²) in [6.45, 7) is 6.48. The van der Waals surface area contributed by atoms with Crippen LogP contribution in [0.25, 0.3) is 0 Å². The van der Waals surface area contributed by atoms with E-state index >= 15 is 0 Å². The maximum atomic E-state index is 11.7. The van der Waals surface area contributed by atoms with E-state index in [1.165, 1.54) is 0 Å². The quantitative estimate of drug-likeness (QED) is 0.817. The van der Waals surface area contributed by atoms with Crippen molar-refractivity contribution in [3.8, 4) is 5.75 Å². The standard InChI is InChI=1S/C14H20ClNO3/c1-9-7-12(8-10(2)13(9)15)19-11(3)14(17)16-5-6-18-4/h7-8,11H,5-6H2,1-4H3,(H,16,17)/t11-/m1/s1. The maximum Gasteiger partial charge on any atom is 0.260 e. The highest BCUT2D eigenvalue weighted by Crippen LogP contribution is 2.26. The molecule has 0 bridgehead atoms. The van der Waals surface area contributed by atoms with Gasteiger partial charge in [-0.15, -0.1) is 0 Å². The second kappa shape index (κ2) is 7.36. The van der Waals surface area contributed by atoms with Gasteiger partial charge in [-0.3, -0.25) is 4.79 Å². The number of amides is 1. The molecule has 1 amide bonds. The van der Waals surface area contributed by atoms with Crippen LogP contribution in [-0.2, 0) is 9.53 Å². The number of ether oxygens (including phenoxy) is 2. The number of aryl methyl sites for hydroxylation is 2. The van der Waals surface area contributed by atoms with Gasteiger partial charge in [0.2, 0.25) is 0 Å². The van der Waals surface area contributed by atoms with E-state index in [4.69, 9.17) is 21.1 Å². The molecule has 0 spiro atoms. The largest absolute Gasteiger partial charge is 0.481 e. The molecule has 0 aliphatic heterocycles. The molecule has 0 fully saturated rings. The van der Waals surface area contributed by atoms with Crippen molar-refractivity contribution < 1.29 is 14.3 Å². The highest BCUT2D eigenvalue weighted by atomic mass is 35.5. The van der Waals surface area contributed by atoms with Crippen molar-refractivity contribution in [2.75, 3.05) is 20.3 Å². The summed E-state index contributed by atoms with van der Waals surface area (Å²) in [4.78, 5) is 11.7. The monoisotopic (exact) mass is 285 g/mol. The Kier molecular flexibility index (Phi) is 6.12. The fraction of sp³-hybridized carbons (Fsp3) is 0.500. The number of rotatable bonds is 6. The molecule has 1 atom stereocenters. The average Bonchev–Trinajstić information content (AvgIpc) is 2.36. The lowest BCUT2D eigenvalue weighted by atomic mass is 10.1. The van der Waals surface area contributed by atoms with E-state index in [1.807, 2.05) is 26.0 Å². The van der Waals surface area contributed by atoms with Crippen LogP contribution in [0.4, 0.5) is 0 Å². The number of nitrogens with one attached hydrogen (secondary N) is 1. The Balaban J connectivity index is 2.61. The van der Waals surface area contributed by atoms with Gasteiger partial charge >= 0.3 is 0 Å². The summed E-state index contributed by atoms with van der Waals surface area (Å²) in [6.07, 6.45) is -0.558. The van der Waals surface area contributed by atoms with E-state index in [1.54, 1.807) is 14.0 Å². The summed E-state index contributed by atoms with van der Waals surface area (Å²) in [6, 6.07) is 3.66. The molecule has 0 aliphatic rings. The molecule has 0 saturated carbocycles. The molecule has 106 valence electrons. The van der Waals surface area contributed by atoms with Crippen molar-refractivity contribution in [1.29, 1.82) is 0 Å². The van der Waals surface area contributed by atoms with Gasteiger partial charge in [-0.1, -0.05) is 11.6 Å². The second-order valence-corrected chi connectivity index (χ2v) is 4.79. The van der Waals surface area contributed by atoms with Gasteiger partial charge < -0.3 is 14.8 Å². The number of methoxy groups -OCH3 is 1. The first-order valence-electron chi connectivity index (χ1n) is 6.15. The molecule has 0 heterocycles. The number of carbonyl (C=O) groups excluding carboxylic acids is 1. The lowest BCUT2D eigenvalue weighted by Crippen LogP contribution is -2.37. The van der Waals surface area contributed by atoms with Crippen LogP contribution in [0.3, 0.4) is 0 Å². The molecule has 19 heavy (non-hydrogen) atoms. The lowest BCUT2D eigenvalue weighted by Gasteiger charge is -2.16. The summed E-state index contributed by atoms with van der Waals surface area (Å²) in [5, 5.41) is 3.46. The molecular formula is C14H20ClNO3. The minimum absolute atomic E-state index is 0.165. The first-order valence-corrected chi connectivity index (χ1v) is 6.53. The first-order chi connectivity index (χ1) is 8.95. The lowest BCUT2D eigenvalue weighted by molar-refractivity contribution is -0.127. The van der Waals surface area contributed by atoms with Crippen LogP contribution in [0, 0.1) is 13.8 Å². The van der Waals surface area contributed by atoms with Gasteiger partial charge in [-0.25, -0.2) is 0 Å². The van der Waals surface area contributed by atoms with Gasteiger partial charge in [0.05, 0.1) is 6.61 Å². The number of benzene rings is 1. The Morgan fingerprint density at radius 1 is 1.37 bits per heavy atom. The Morgan fingerprint density at radius 3 is 2.47 bits per heavy atom. The Labute approximate surface area is 119 Å². The highest BCUT2D eigenvalue weighted by Gasteiger charge is 2.14. The van der Waals surface area contributed by atoms with Crippen molar-refractivity contribution in [2.24, 2.45) is 0 Å². The normalized spacial score (nSPS) is 12.1. The van der Waals surface area contributed by atoms with Gasteiger partial charge in [-0.05, 0) is 44.0 Å². The van der Waals surface area contributed by atoms with Crippen molar-refractivity contribution in [1.82, 2.24) is 5.32 Å². The summed E-state index contributed by atoms with van der Waals surface area (Å²) < 4.78 is 10.5. The van der Waals surface area contributed by atoms with E-state index < -0.39 is 6.10 Å². The fourth-order valence-corrected chi connectivity index (χ4v) is 1.76. The molecule has 1 aromatic rings. The predicted molar refractivity (Wildman–Crippen MR) is 75.9 cm³/mol. The molecule has 1 N–H and O–H groups in total. The van der Waals surface area contributed by atoms with Crippen LogP contribution in [0.2, 0.25) is 5.02 Å². The Bertz CT molecular complexity index is 425. The Morgan fingerprint density at radius 2 is 1.95 bits per heavy atom. The van der Waals surface area contributed by atoms with Crippen LogP contribution >= 0.6 is 11.6 Å². The average molecular weight is 286 g/mol. The van der Waals surface area contributed by atoms with E-state index in [9.17, 15) is 4.79 Å². The zero-order valence-corrected chi connectivity index (χ0v) is 12.5. The summed E-state index contributed by atoms with van der Waals surface area (Å²) in [5.74, 6) is 0.482. The van der Waals surface area contributed by atoms with Gasteiger partial charge in [0.25, 0.3) is 5.91 Å². The van der Waals surface area contributed by atoms with Crippen molar-refractivity contribution in [3.63, 3.8) is 0 Å². The van der Waals surface area contributed by atoms with Crippen LogP contribution in [0.15, 0.2) is 12.1 Å². The van der Waals surface area contributed by atoms with Crippen LogP contribution < -0.4 is 10.1 Å². The van der Waals surface area contributed by atoms with Crippen molar-refractivity contribution in [3.05, 3.63) is 28.3 Å². The van der Waals surface area contributed by atoms with Crippen molar-refractivity contribution >= 4 is 17.5 Å². The number of hydrogen-bond donors (Lipinski definition) is 1. The minimum atomic E-state index is -0.558. The SMILES string of the molecule is COCCNC(=O)[C@@H](C)Oc1cc(C)c(Cl)c(C)c1. The van der Waals surface area contributed by atoms with Gasteiger partial charge in [0.15, 0.2) is 6.10 Å². The number of halogens is 1. The van der Waals surface area contributed by atoms with Crippen LogP contribution in [0.1, 0.15) is 18.1 Å². The smallest absolute Gasteiger partial charge is 0.260 e. The van der Waals surface area contributed by atoms with Crippen LogP contribution in [0.5, 0.6) is 5.75 Å².